The number of carbonyl (C=O) groups is 2. The van der Waals surface area contributed by atoms with Crippen LogP contribution in [0.25, 0.3) is 11.3 Å². The monoisotopic (exact) mass is 464 g/mol. The van der Waals surface area contributed by atoms with Gasteiger partial charge in [-0.3, -0.25) is 14.6 Å². The Hall–Kier alpha value is -3.69. The second kappa shape index (κ2) is 10.5. The van der Waals surface area contributed by atoms with Crippen LogP contribution in [-0.2, 0) is 11.2 Å². The summed E-state index contributed by atoms with van der Waals surface area (Å²) in [6.07, 6.45) is 3.66. The van der Waals surface area contributed by atoms with E-state index in [1.807, 2.05) is 30.3 Å². The first-order valence-electron chi connectivity index (χ1n) is 11.2. The standard InChI is InChI=1S/C25H28N4O5/c1-29(9-10-30)25(33)16-13-19-22(20(32)14-16)24(27-17-5-3-2-4-6-17)23(28-19)18-7-8-26-15-21(18)34-12-11-31/h2-8,15-16,27-28,30-31H,9-14H2,1H3. The van der Waals surface area contributed by atoms with Crippen LogP contribution in [0.3, 0.4) is 0 Å². The van der Waals surface area contributed by atoms with Gasteiger partial charge in [0.2, 0.25) is 5.91 Å². The molecule has 0 spiro atoms. The summed E-state index contributed by atoms with van der Waals surface area (Å²) in [5, 5.41) is 21.8. The number of Topliss-reactive ketones (excluding diaryl/α,β-unsaturated/α-hetero) is 1. The fraction of sp³-hybridized carbons (Fsp3) is 0.320. The number of amides is 1. The lowest BCUT2D eigenvalue weighted by Gasteiger charge is -2.26. The Morgan fingerprint density at radius 2 is 2.00 bits per heavy atom. The number of para-hydroxylation sites is 1. The SMILES string of the molecule is CN(CCO)C(=O)C1CC(=O)c2c([nH]c(-c3ccncc3OCCO)c2Nc2ccccc2)C1. The fourth-order valence-corrected chi connectivity index (χ4v) is 4.25. The number of aromatic amines is 1. The molecule has 4 N–H and O–H groups in total. The number of H-pyrrole nitrogens is 1. The number of ether oxygens (including phenoxy) is 1. The number of nitrogens with one attached hydrogen (secondary N) is 2. The summed E-state index contributed by atoms with van der Waals surface area (Å²) in [7, 11) is 1.63. The molecule has 2 heterocycles. The van der Waals surface area contributed by atoms with Crippen molar-refractivity contribution < 1.29 is 24.5 Å². The Balaban J connectivity index is 1.78. The van der Waals surface area contributed by atoms with Gasteiger partial charge in [0, 0.05) is 49.6 Å². The van der Waals surface area contributed by atoms with E-state index in [9.17, 15) is 19.8 Å². The second-order valence-electron chi connectivity index (χ2n) is 8.18. The third-order valence-electron chi connectivity index (χ3n) is 5.85. The molecule has 1 aliphatic carbocycles. The van der Waals surface area contributed by atoms with Crippen LogP contribution in [0.4, 0.5) is 11.4 Å². The number of fused-ring (bicyclic) bond motifs is 1. The summed E-state index contributed by atoms with van der Waals surface area (Å²) in [6, 6.07) is 11.3. The molecule has 1 unspecified atom stereocenters. The molecule has 3 aromatic rings. The van der Waals surface area contributed by atoms with Crippen molar-refractivity contribution in [2.24, 2.45) is 5.92 Å². The maximum Gasteiger partial charge on any atom is 0.226 e. The van der Waals surface area contributed by atoms with Crippen molar-refractivity contribution in [3.63, 3.8) is 0 Å². The van der Waals surface area contributed by atoms with Crippen molar-refractivity contribution in [2.75, 3.05) is 38.7 Å². The molecule has 1 amide bonds. The lowest BCUT2D eigenvalue weighted by Crippen LogP contribution is -2.38. The van der Waals surface area contributed by atoms with Gasteiger partial charge in [0.15, 0.2) is 5.78 Å². The number of anilines is 2. The lowest BCUT2D eigenvalue weighted by atomic mass is 9.85. The Labute approximate surface area is 197 Å². The number of benzene rings is 1. The van der Waals surface area contributed by atoms with Crippen LogP contribution in [0.1, 0.15) is 22.5 Å². The molecule has 178 valence electrons. The van der Waals surface area contributed by atoms with Crippen LogP contribution >= 0.6 is 0 Å². The molecule has 0 aliphatic heterocycles. The van der Waals surface area contributed by atoms with E-state index in [-0.39, 0.29) is 44.5 Å². The van der Waals surface area contributed by atoms with E-state index < -0.39 is 5.92 Å². The van der Waals surface area contributed by atoms with E-state index in [4.69, 9.17) is 4.74 Å². The largest absolute Gasteiger partial charge is 0.489 e. The molecule has 1 aliphatic rings. The predicted octanol–water partition coefficient (Wildman–Crippen LogP) is 2.39. The van der Waals surface area contributed by atoms with Crippen LogP contribution in [0.5, 0.6) is 5.75 Å². The molecule has 9 nitrogen and oxygen atoms in total. The molecule has 0 saturated carbocycles. The number of hydrogen-bond acceptors (Lipinski definition) is 7. The summed E-state index contributed by atoms with van der Waals surface area (Å²) in [5.74, 6) is -0.341. The summed E-state index contributed by atoms with van der Waals surface area (Å²) >= 11 is 0. The molecule has 0 saturated heterocycles. The first-order chi connectivity index (χ1) is 16.5. The van der Waals surface area contributed by atoms with Crippen molar-refractivity contribution in [3.05, 3.63) is 60.0 Å². The summed E-state index contributed by atoms with van der Waals surface area (Å²) < 4.78 is 5.69. The highest BCUT2D eigenvalue weighted by Crippen LogP contribution is 2.42. The number of likely N-dealkylation sites (N-methyl/N-ethyl adjacent to an activating group) is 1. The zero-order chi connectivity index (χ0) is 24.1. The summed E-state index contributed by atoms with van der Waals surface area (Å²) in [4.78, 5) is 35.1. The maximum atomic E-state index is 13.3. The lowest BCUT2D eigenvalue weighted by molar-refractivity contribution is -0.134. The number of pyridine rings is 1. The number of carbonyl (C=O) groups excluding carboxylic acids is 2. The van der Waals surface area contributed by atoms with Crippen LogP contribution < -0.4 is 10.1 Å². The Kier molecular flexibility index (Phi) is 7.24. The van der Waals surface area contributed by atoms with Crippen LogP contribution in [0.15, 0.2) is 48.8 Å². The smallest absolute Gasteiger partial charge is 0.226 e. The average molecular weight is 465 g/mol. The normalized spacial score (nSPS) is 15.0. The first kappa shape index (κ1) is 23.5. The van der Waals surface area contributed by atoms with Gasteiger partial charge in [-0.05, 0) is 18.2 Å². The molecule has 9 heteroatoms. The molecule has 0 radical (unpaired) electrons. The number of aliphatic hydroxyl groups is 2. The number of aromatic nitrogens is 2. The molecule has 0 fully saturated rings. The number of nitrogens with zero attached hydrogens (tertiary/aromatic N) is 2. The molecule has 1 aromatic carbocycles. The third-order valence-corrected chi connectivity index (χ3v) is 5.85. The maximum absolute atomic E-state index is 13.3. The third kappa shape index (κ3) is 4.80. The Morgan fingerprint density at radius 3 is 2.74 bits per heavy atom. The van der Waals surface area contributed by atoms with Gasteiger partial charge in [-0.1, -0.05) is 18.2 Å². The van der Waals surface area contributed by atoms with Gasteiger partial charge in [0.25, 0.3) is 0 Å². The number of ketones is 1. The molecule has 2 aromatic heterocycles. The van der Waals surface area contributed by atoms with Crippen molar-refractivity contribution in [2.45, 2.75) is 12.8 Å². The molecular weight excluding hydrogens is 436 g/mol. The Bertz CT molecular complexity index is 1160. The zero-order valence-electron chi connectivity index (χ0n) is 19.0. The van der Waals surface area contributed by atoms with Gasteiger partial charge in [0.05, 0.1) is 42.3 Å². The topological polar surface area (TPSA) is 128 Å². The number of hydrogen-bond donors (Lipinski definition) is 4. The van der Waals surface area contributed by atoms with E-state index in [1.54, 1.807) is 25.5 Å². The van der Waals surface area contributed by atoms with E-state index in [0.717, 1.165) is 5.69 Å². The average Bonchev–Trinajstić information content (AvgIpc) is 3.21. The highest BCUT2D eigenvalue weighted by Gasteiger charge is 2.36. The summed E-state index contributed by atoms with van der Waals surface area (Å²) in [5.41, 5.74) is 3.95. The number of rotatable bonds is 9. The zero-order valence-corrected chi connectivity index (χ0v) is 19.0. The van der Waals surface area contributed by atoms with Crippen LogP contribution in [0, 0.1) is 5.92 Å². The van der Waals surface area contributed by atoms with Gasteiger partial charge in [-0.15, -0.1) is 0 Å². The van der Waals surface area contributed by atoms with Crippen LogP contribution in [0.2, 0.25) is 0 Å². The molecule has 1 atom stereocenters. The summed E-state index contributed by atoms with van der Waals surface area (Å²) in [6.45, 7) is 0.0436. The molecule has 0 bridgehead atoms. The molecular formula is C25H28N4O5. The number of aliphatic hydroxyl groups excluding tert-OH is 2. The quantitative estimate of drug-likeness (QED) is 0.383. The van der Waals surface area contributed by atoms with E-state index in [2.05, 4.69) is 15.3 Å². The second-order valence-corrected chi connectivity index (χ2v) is 8.18. The van der Waals surface area contributed by atoms with E-state index >= 15 is 0 Å². The minimum absolute atomic E-state index is 0.0899. The highest BCUT2D eigenvalue weighted by molar-refractivity contribution is 6.09. The van der Waals surface area contributed by atoms with E-state index in [1.165, 1.54) is 4.90 Å². The van der Waals surface area contributed by atoms with Gasteiger partial charge >= 0.3 is 0 Å². The van der Waals surface area contributed by atoms with Gasteiger partial charge in [-0.25, -0.2) is 0 Å². The minimum Gasteiger partial charge on any atom is -0.489 e. The van der Waals surface area contributed by atoms with Gasteiger partial charge in [0.1, 0.15) is 12.4 Å². The van der Waals surface area contributed by atoms with E-state index in [0.29, 0.717) is 40.4 Å². The van der Waals surface area contributed by atoms with Crippen LogP contribution in [-0.4, -0.2) is 70.2 Å². The predicted molar refractivity (Wildman–Crippen MR) is 127 cm³/mol. The van der Waals surface area contributed by atoms with Gasteiger partial charge < -0.3 is 30.2 Å². The van der Waals surface area contributed by atoms with Crippen molar-refractivity contribution in [1.29, 1.82) is 0 Å². The molecule has 4 rings (SSSR count). The first-order valence-corrected chi connectivity index (χ1v) is 11.2. The molecule has 34 heavy (non-hydrogen) atoms. The minimum atomic E-state index is -0.504. The highest BCUT2D eigenvalue weighted by atomic mass is 16.5. The fourth-order valence-electron chi connectivity index (χ4n) is 4.25. The van der Waals surface area contributed by atoms with Crippen molar-refractivity contribution >= 4 is 23.1 Å². The van der Waals surface area contributed by atoms with Gasteiger partial charge in [-0.2, -0.15) is 0 Å². The van der Waals surface area contributed by atoms with Crippen molar-refractivity contribution in [1.82, 2.24) is 14.9 Å². The van der Waals surface area contributed by atoms with Crippen molar-refractivity contribution in [3.8, 4) is 17.0 Å². The Morgan fingerprint density at radius 1 is 1.21 bits per heavy atom.